The van der Waals surface area contributed by atoms with Crippen LogP contribution >= 0.6 is 23.2 Å². The Morgan fingerprint density at radius 1 is 0.745 bits per heavy atom. The van der Waals surface area contributed by atoms with Crippen molar-refractivity contribution in [2.45, 2.75) is 12.4 Å². The molecular formula is C30H26Cl2F6N4O9. The number of carboxylic acid groups (broad SMARTS) is 1. The van der Waals surface area contributed by atoms with Crippen molar-refractivity contribution in [1.82, 2.24) is 19.9 Å². The lowest BCUT2D eigenvalue weighted by Crippen LogP contribution is -2.04. The number of hydrogen-bond acceptors (Lipinski definition) is 10. The maximum atomic E-state index is 12.4. The summed E-state index contributed by atoms with van der Waals surface area (Å²) in [7, 11) is 3.69. The smallest absolute Gasteiger partial charge is 0.416 e. The van der Waals surface area contributed by atoms with Crippen LogP contribution in [0.5, 0.6) is 0 Å². The van der Waals surface area contributed by atoms with Crippen LogP contribution in [0.15, 0.2) is 72.2 Å². The number of aromatic amines is 2. The highest BCUT2D eigenvalue weighted by atomic mass is 35.5. The van der Waals surface area contributed by atoms with Crippen molar-refractivity contribution >= 4 is 47.1 Å². The Bertz CT molecular complexity index is 1770. The van der Waals surface area contributed by atoms with Crippen molar-refractivity contribution in [2.75, 3.05) is 27.2 Å². The van der Waals surface area contributed by atoms with Crippen molar-refractivity contribution in [2.24, 2.45) is 0 Å². The number of aliphatic hydroxyl groups is 1. The van der Waals surface area contributed by atoms with E-state index in [0.717, 1.165) is 30.5 Å². The topological polar surface area (TPSA) is 194 Å². The fraction of sp³-hybridized carbons (Fsp3) is 0.200. The van der Waals surface area contributed by atoms with Crippen LogP contribution in [0, 0.1) is 0 Å². The van der Waals surface area contributed by atoms with Crippen LogP contribution in [0.3, 0.4) is 0 Å². The number of benzene rings is 2. The summed E-state index contributed by atoms with van der Waals surface area (Å²) in [6, 6.07) is 8.76. The molecule has 0 aliphatic carbocycles. The number of alkyl halides is 7. The average molecular weight is 771 g/mol. The van der Waals surface area contributed by atoms with Gasteiger partial charge in [0.25, 0.3) is 0 Å². The Morgan fingerprint density at radius 2 is 1.16 bits per heavy atom. The maximum absolute atomic E-state index is 12.4. The summed E-state index contributed by atoms with van der Waals surface area (Å²) in [5.41, 5.74) is -0.659. The van der Waals surface area contributed by atoms with E-state index < -0.39 is 47.4 Å². The molecule has 2 aromatic carbocycles. The summed E-state index contributed by atoms with van der Waals surface area (Å²) in [6.07, 6.45) is -5.92. The van der Waals surface area contributed by atoms with E-state index in [1.54, 1.807) is 0 Å². The first-order valence-corrected chi connectivity index (χ1v) is 14.2. The van der Waals surface area contributed by atoms with Gasteiger partial charge >= 0.3 is 36.2 Å². The van der Waals surface area contributed by atoms with Crippen molar-refractivity contribution < 1.29 is 69.9 Å². The summed E-state index contributed by atoms with van der Waals surface area (Å²) in [4.78, 5) is 54.7. The van der Waals surface area contributed by atoms with Crippen LogP contribution in [-0.2, 0) is 36.2 Å². The molecule has 0 atom stereocenters. The molecule has 0 aliphatic heterocycles. The molecule has 51 heavy (non-hydrogen) atoms. The number of carboxylic acids is 1. The average Bonchev–Trinajstić information content (AvgIpc) is 3.82. The molecule has 0 radical (unpaired) electrons. The van der Waals surface area contributed by atoms with Gasteiger partial charge < -0.3 is 34.4 Å². The Balaban J connectivity index is 0.000000376. The number of aromatic carboxylic acids is 1. The first kappa shape index (κ1) is 43.5. The van der Waals surface area contributed by atoms with Crippen molar-refractivity contribution in [1.29, 1.82) is 0 Å². The van der Waals surface area contributed by atoms with Gasteiger partial charge in [-0.25, -0.2) is 24.4 Å². The third-order valence-corrected chi connectivity index (χ3v) is 6.06. The molecule has 0 bridgehead atoms. The van der Waals surface area contributed by atoms with E-state index in [2.05, 4.69) is 34.1 Å². The van der Waals surface area contributed by atoms with Gasteiger partial charge in [0.2, 0.25) is 0 Å². The minimum Gasteiger partial charge on any atom is -0.514 e. The van der Waals surface area contributed by atoms with Gasteiger partial charge in [-0.15, -0.1) is 11.6 Å². The number of esters is 3. The zero-order valence-electron chi connectivity index (χ0n) is 26.2. The number of H-pyrrole nitrogens is 2. The van der Waals surface area contributed by atoms with E-state index in [1.807, 2.05) is 0 Å². The molecule has 0 spiro atoms. The first-order valence-electron chi connectivity index (χ1n) is 13.3. The Morgan fingerprint density at radius 3 is 1.41 bits per heavy atom. The number of aliphatic hydroxyl groups excluding tert-OH is 1. The number of ether oxygens (including phenoxy) is 3. The van der Waals surface area contributed by atoms with E-state index in [0.29, 0.717) is 23.2 Å². The monoisotopic (exact) mass is 770 g/mol. The molecule has 0 amide bonds. The molecule has 4 rings (SSSR count). The first-order chi connectivity index (χ1) is 23.8. The zero-order chi connectivity index (χ0) is 38.9. The third-order valence-electron chi connectivity index (χ3n) is 5.59. The lowest BCUT2D eigenvalue weighted by atomic mass is 10.1. The van der Waals surface area contributed by atoms with Gasteiger partial charge in [-0.05, 0) is 24.3 Å². The lowest BCUT2D eigenvalue weighted by Gasteiger charge is -2.06. The summed E-state index contributed by atoms with van der Waals surface area (Å²) < 4.78 is 86.9. The quantitative estimate of drug-likeness (QED) is 0.0399. The van der Waals surface area contributed by atoms with Gasteiger partial charge in [-0.2, -0.15) is 26.3 Å². The van der Waals surface area contributed by atoms with Gasteiger partial charge in [0.1, 0.15) is 35.2 Å². The van der Waals surface area contributed by atoms with E-state index >= 15 is 0 Å². The van der Waals surface area contributed by atoms with Crippen molar-refractivity contribution in [3.63, 3.8) is 0 Å². The van der Waals surface area contributed by atoms with Gasteiger partial charge in [-0.3, -0.25) is 4.79 Å². The maximum Gasteiger partial charge on any atom is 0.416 e. The Labute approximate surface area is 293 Å². The molecule has 2 aromatic heterocycles. The van der Waals surface area contributed by atoms with Crippen LogP contribution in [0.1, 0.15) is 32.1 Å². The molecular weight excluding hydrogens is 745 g/mol. The molecule has 0 aliphatic rings. The van der Waals surface area contributed by atoms with Gasteiger partial charge in [0.15, 0.2) is 5.03 Å². The van der Waals surface area contributed by atoms with Crippen LogP contribution in [0.2, 0.25) is 0 Å². The second-order valence-electron chi connectivity index (χ2n) is 8.92. The Kier molecular flexibility index (Phi) is 17.2. The highest BCUT2D eigenvalue weighted by molar-refractivity contribution is 6.41. The molecule has 21 heteroatoms. The molecule has 0 fully saturated rings. The van der Waals surface area contributed by atoms with Crippen LogP contribution in [0.4, 0.5) is 26.3 Å². The van der Waals surface area contributed by atoms with Crippen molar-refractivity contribution in [3.05, 3.63) is 94.7 Å². The SMILES string of the molecule is COC(=O)C(Cl)=CO.COC(=O)CCl.COC(=O)c1cnc(-c2ccc(C(F)(F)F)cc2)[nH]1.O=C(O)c1cnc(-c2ccc(C(F)(F)F)cc2)[nH]1. The second kappa shape index (κ2) is 20.2. The van der Waals surface area contributed by atoms with Gasteiger partial charge in [0.05, 0.1) is 44.8 Å². The number of carbonyl (C=O) groups excluding carboxylic acids is 3. The normalized spacial score (nSPS) is 10.9. The molecule has 0 saturated heterocycles. The number of carbonyl (C=O) groups is 4. The highest BCUT2D eigenvalue weighted by Crippen LogP contribution is 2.31. The number of imidazole rings is 2. The number of hydrogen-bond donors (Lipinski definition) is 4. The molecule has 276 valence electrons. The van der Waals surface area contributed by atoms with Crippen molar-refractivity contribution in [3.8, 4) is 22.8 Å². The fourth-order valence-corrected chi connectivity index (χ4v) is 3.28. The zero-order valence-corrected chi connectivity index (χ0v) is 27.7. The number of nitrogens with zero attached hydrogens (tertiary/aromatic N) is 2. The van der Waals surface area contributed by atoms with Crippen LogP contribution in [0.25, 0.3) is 22.8 Å². The molecule has 4 aromatic rings. The van der Waals surface area contributed by atoms with E-state index in [-0.39, 0.29) is 28.1 Å². The van der Waals surface area contributed by atoms with E-state index in [9.17, 15) is 45.5 Å². The molecule has 4 N–H and O–H groups in total. The molecule has 13 nitrogen and oxygen atoms in total. The van der Waals surface area contributed by atoms with Crippen LogP contribution in [-0.4, -0.2) is 81.2 Å². The summed E-state index contributed by atoms with van der Waals surface area (Å²) in [6.45, 7) is 0. The predicted octanol–water partition coefficient (Wildman–Crippen LogP) is 6.87. The van der Waals surface area contributed by atoms with Gasteiger partial charge in [0, 0.05) is 11.1 Å². The number of methoxy groups -OCH3 is 3. The van der Waals surface area contributed by atoms with Crippen LogP contribution < -0.4 is 0 Å². The third kappa shape index (κ3) is 14.4. The highest BCUT2D eigenvalue weighted by Gasteiger charge is 2.31. The summed E-state index contributed by atoms with van der Waals surface area (Å²) in [5.74, 6) is -2.45. The number of nitrogens with one attached hydrogen (secondary N) is 2. The minimum absolute atomic E-state index is 0.0590. The lowest BCUT2D eigenvalue weighted by molar-refractivity contribution is -0.138. The summed E-state index contributed by atoms with van der Waals surface area (Å²) >= 11 is 10.0. The molecule has 0 unspecified atom stereocenters. The number of rotatable bonds is 6. The molecule has 0 saturated carbocycles. The minimum atomic E-state index is -4.39. The second-order valence-corrected chi connectivity index (χ2v) is 9.59. The Hall–Kier alpha value is -5.56. The largest absolute Gasteiger partial charge is 0.514 e. The molecule has 2 heterocycles. The van der Waals surface area contributed by atoms with Gasteiger partial charge in [-0.1, -0.05) is 35.9 Å². The van der Waals surface area contributed by atoms with E-state index in [4.69, 9.17) is 33.4 Å². The van der Waals surface area contributed by atoms with E-state index in [1.165, 1.54) is 51.8 Å². The fourth-order valence-electron chi connectivity index (χ4n) is 3.10. The summed E-state index contributed by atoms with van der Waals surface area (Å²) in [5, 5.41) is 16.4. The predicted molar refractivity (Wildman–Crippen MR) is 168 cm³/mol. The number of aromatic nitrogens is 4. The number of halogens is 8. The standard InChI is InChI=1S/C12H9F3N2O2.C11H7F3N2O2.C4H5ClO3.C3H5ClO2/c1-19-11(18)9-6-16-10(17-9)7-2-4-8(5-3-7)12(13,14)15;12-11(13,14)7-3-1-6(2-4-7)9-15-5-8(16-9)10(17)18;1-8-4(7)3(5)2-6;1-6-3(5)2-4/h2-6H,1H3,(H,16,17);1-5H,(H,15,16)(H,17,18);2,6H,1H3;2H2,1H3.